The van der Waals surface area contributed by atoms with E-state index in [9.17, 15) is 19.8 Å². The summed E-state index contributed by atoms with van der Waals surface area (Å²) in [7, 11) is 0. The molecule has 6 heteroatoms. The molecule has 0 spiro atoms. The van der Waals surface area contributed by atoms with Crippen LogP contribution in [0.5, 0.6) is 0 Å². The predicted molar refractivity (Wildman–Crippen MR) is 278 cm³/mol. The van der Waals surface area contributed by atoms with E-state index < -0.39 is 18.2 Å². The van der Waals surface area contributed by atoms with Crippen LogP contribution in [0, 0.1) is 0 Å². The van der Waals surface area contributed by atoms with Crippen LogP contribution in [0.25, 0.3) is 0 Å². The molecule has 0 radical (unpaired) electrons. The molecule has 3 atom stereocenters. The van der Waals surface area contributed by atoms with E-state index in [1.807, 2.05) is 6.08 Å². The van der Waals surface area contributed by atoms with Crippen LogP contribution >= 0.6 is 0 Å². The lowest BCUT2D eigenvalue weighted by Crippen LogP contribution is -2.46. The van der Waals surface area contributed by atoms with Gasteiger partial charge in [0.25, 0.3) is 0 Å². The zero-order valence-corrected chi connectivity index (χ0v) is 42.4. The van der Waals surface area contributed by atoms with Crippen LogP contribution < -0.4 is 5.32 Å². The number of allylic oxidation sites excluding steroid dienone is 10. The molecule has 0 heterocycles. The fourth-order valence-electron chi connectivity index (χ4n) is 8.25. The molecular weight excluding hydrogens is 791 g/mol. The second-order valence-electron chi connectivity index (χ2n) is 18.6. The second kappa shape index (κ2) is 51.5. The largest absolute Gasteiger partial charge is 0.462 e. The fraction of sp³-hybridized carbons (Fsp3) is 0.793. The van der Waals surface area contributed by atoms with Crippen LogP contribution in [-0.4, -0.2) is 46.9 Å². The van der Waals surface area contributed by atoms with Gasteiger partial charge in [-0.1, -0.05) is 261 Å². The molecule has 1 amide bonds. The van der Waals surface area contributed by atoms with E-state index in [-0.39, 0.29) is 31.3 Å². The van der Waals surface area contributed by atoms with E-state index in [2.05, 4.69) is 80.8 Å². The first-order valence-electron chi connectivity index (χ1n) is 27.5. The van der Waals surface area contributed by atoms with Gasteiger partial charge in [-0.05, 0) is 57.8 Å². The molecule has 3 N–H and O–H groups in total. The minimum atomic E-state index is -0.799. The van der Waals surface area contributed by atoms with E-state index in [1.54, 1.807) is 0 Å². The molecule has 372 valence electrons. The minimum Gasteiger partial charge on any atom is -0.462 e. The van der Waals surface area contributed by atoms with Crippen molar-refractivity contribution >= 4 is 11.9 Å². The van der Waals surface area contributed by atoms with E-state index >= 15 is 0 Å². The average Bonchev–Trinajstić information content (AvgIpc) is 3.29. The number of nitrogens with one attached hydrogen (secondary N) is 1. The van der Waals surface area contributed by atoms with Gasteiger partial charge in [-0.25, -0.2) is 0 Å². The Bertz CT molecular complexity index is 1140. The Morgan fingerprint density at radius 2 is 0.812 bits per heavy atom. The molecule has 0 saturated carbocycles. The van der Waals surface area contributed by atoms with Crippen LogP contribution in [0.4, 0.5) is 0 Å². The molecule has 0 fully saturated rings. The first-order valence-corrected chi connectivity index (χ1v) is 27.5. The SMILES string of the molecule is CC/C=C/C/C=C/C/C=C/C/C=C/C/C=C/CCC(=O)OC(CCCCCCCCCCCCCCCCCCC)CC(=O)NC(CO)C(O)CCCCCCCCCCCCCC. The van der Waals surface area contributed by atoms with Gasteiger partial charge in [-0.2, -0.15) is 0 Å². The molecule has 0 aliphatic carbocycles. The summed E-state index contributed by atoms with van der Waals surface area (Å²) >= 11 is 0. The van der Waals surface area contributed by atoms with Crippen LogP contribution in [-0.2, 0) is 14.3 Å². The molecule has 0 aliphatic heterocycles. The molecule has 6 nitrogen and oxygen atoms in total. The van der Waals surface area contributed by atoms with Crippen molar-refractivity contribution in [2.45, 2.75) is 289 Å². The molecular formula is C58H105NO5. The average molecular weight is 896 g/mol. The normalized spacial score (nSPS) is 13.6. The molecule has 0 aromatic heterocycles. The van der Waals surface area contributed by atoms with Gasteiger partial charge in [-0.15, -0.1) is 0 Å². The van der Waals surface area contributed by atoms with E-state index in [4.69, 9.17) is 4.74 Å². The van der Waals surface area contributed by atoms with Crippen molar-refractivity contribution in [1.29, 1.82) is 0 Å². The van der Waals surface area contributed by atoms with Gasteiger partial charge in [0, 0.05) is 6.42 Å². The van der Waals surface area contributed by atoms with Gasteiger partial charge in [-0.3, -0.25) is 9.59 Å². The Balaban J connectivity index is 4.66. The molecule has 0 aliphatic rings. The standard InChI is InChI=1S/C58H105NO5/c1-4-7-10-13-16-19-22-25-27-29-30-32-34-37-40-43-46-49-54(64-58(63)51-48-45-42-39-36-33-31-28-26-23-20-17-14-11-8-5-2)52-57(62)59-55(53-60)56(61)50-47-44-41-38-35-24-21-18-15-12-9-6-3/h8,11,17,20,26,28,33,36,42,45,54-56,60-61H,4-7,9-10,12-16,18-19,21-25,27,29-32,34-35,37-41,43-44,46-53H2,1-3H3,(H,59,62)/b11-8+,20-17+,28-26+,36-33+,45-42+. The summed E-state index contributed by atoms with van der Waals surface area (Å²) in [5.74, 6) is -0.563. The summed E-state index contributed by atoms with van der Waals surface area (Å²) in [5, 5.41) is 23.8. The summed E-state index contributed by atoms with van der Waals surface area (Å²) in [5.41, 5.74) is 0. The lowest BCUT2D eigenvalue weighted by molar-refractivity contribution is -0.150. The van der Waals surface area contributed by atoms with Crippen molar-refractivity contribution in [3.63, 3.8) is 0 Å². The maximum atomic E-state index is 13.2. The van der Waals surface area contributed by atoms with Crippen LogP contribution in [0.1, 0.15) is 271 Å². The number of hydrogen-bond acceptors (Lipinski definition) is 5. The maximum absolute atomic E-state index is 13.2. The van der Waals surface area contributed by atoms with Crippen LogP contribution in [0.15, 0.2) is 60.8 Å². The maximum Gasteiger partial charge on any atom is 0.306 e. The summed E-state index contributed by atoms with van der Waals surface area (Å²) in [4.78, 5) is 26.2. The third kappa shape index (κ3) is 46.1. The van der Waals surface area contributed by atoms with Crippen molar-refractivity contribution in [3.8, 4) is 0 Å². The van der Waals surface area contributed by atoms with Gasteiger partial charge in [0.2, 0.25) is 5.91 Å². The number of aliphatic hydroxyl groups is 2. The summed E-state index contributed by atoms with van der Waals surface area (Å²) < 4.78 is 5.91. The number of carbonyl (C=O) groups is 2. The predicted octanol–water partition coefficient (Wildman–Crippen LogP) is 16.8. The van der Waals surface area contributed by atoms with Gasteiger partial charge < -0.3 is 20.3 Å². The number of aliphatic hydroxyl groups excluding tert-OH is 2. The molecule has 0 saturated heterocycles. The van der Waals surface area contributed by atoms with E-state index in [0.717, 1.165) is 70.6 Å². The van der Waals surface area contributed by atoms with Gasteiger partial charge in [0.05, 0.1) is 25.2 Å². The lowest BCUT2D eigenvalue weighted by atomic mass is 10.0. The van der Waals surface area contributed by atoms with Gasteiger partial charge in [0.15, 0.2) is 0 Å². The Kier molecular flexibility index (Phi) is 49.6. The van der Waals surface area contributed by atoms with Crippen molar-refractivity contribution in [1.82, 2.24) is 5.32 Å². The highest BCUT2D eigenvalue weighted by molar-refractivity contribution is 5.77. The Labute approximate surface area is 397 Å². The first-order chi connectivity index (χ1) is 31.5. The Hall–Kier alpha value is -2.44. The molecule has 3 unspecified atom stereocenters. The lowest BCUT2D eigenvalue weighted by Gasteiger charge is -2.24. The monoisotopic (exact) mass is 896 g/mol. The fourth-order valence-corrected chi connectivity index (χ4v) is 8.25. The van der Waals surface area contributed by atoms with Gasteiger partial charge >= 0.3 is 5.97 Å². The quantitative estimate of drug-likeness (QED) is 0.0321. The molecule has 64 heavy (non-hydrogen) atoms. The van der Waals surface area contributed by atoms with Gasteiger partial charge in [0.1, 0.15) is 6.10 Å². The van der Waals surface area contributed by atoms with Crippen LogP contribution in [0.2, 0.25) is 0 Å². The number of rotatable bonds is 49. The highest BCUT2D eigenvalue weighted by atomic mass is 16.5. The molecule has 0 aromatic carbocycles. The highest BCUT2D eigenvalue weighted by Gasteiger charge is 2.24. The summed E-state index contributed by atoms with van der Waals surface area (Å²) in [6, 6.07) is -0.716. The van der Waals surface area contributed by atoms with Crippen molar-refractivity contribution < 1.29 is 24.5 Å². The first kappa shape index (κ1) is 61.6. The Morgan fingerprint density at radius 3 is 1.19 bits per heavy atom. The van der Waals surface area contributed by atoms with Crippen LogP contribution in [0.3, 0.4) is 0 Å². The highest BCUT2D eigenvalue weighted by Crippen LogP contribution is 2.18. The number of esters is 1. The zero-order valence-electron chi connectivity index (χ0n) is 42.4. The third-order valence-electron chi connectivity index (χ3n) is 12.4. The Morgan fingerprint density at radius 1 is 0.469 bits per heavy atom. The van der Waals surface area contributed by atoms with E-state index in [0.29, 0.717) is 19.3 Å². The molecule has 0 bridgehead atoms. The summed E-state index contributed by atoms with van der Waals surface area (Å²) in [6.45, 7) is 6.37. The third-order valence-corrected chi connectivity index (χ3v) is 12.4. The summed E-state index contributed by atoms with van der Waals surface area (Å²) in [6.07, 6.45) is 64.4. The zero-order chi connectivity index (χ0) is 46.7. The number of carbonyl (C=O) groups excluding carboxylic acids is 2. The van der Waals surface area contributed by atoms with Crippen molar-refractivity contribution in [2.24, 2.45) is 0 Å². The number of amides is 1. The number of hydrogen-bond donors (Lipinski definition) is 3. The van der Waals surface area contributed by atoms with E-state index in [1.165, 1.54) is 148 Å². The van der Waals surface area contributed by atoms with Crippen molar-refractivity contribution in [2.75, 3.05) is 6.61 Å². The number of ether oxygens (including phenoxy) is 1. The minimum absolute atomic E-state index is 0.0497. The number of unbranched alkanes of at least 4 members (excludes halogenated alkanes) is 27. The second-order valence-corrected chi connectivity index (χ2v) is 18.6. The topological polar surface area (TPSA) is 95.9 Å². The smallest absolute Gasteiger partial charge is 0.306 e. The molecule has 0 rings (SSSR count). The van der Waals surface area contributed by atoms with Crippen molar-refractivity contribution in [3.05, 3.63) is 60.8 Å². The molecule has 0 aromatic rings.